The van der Waals surface area contributed by atoms with Gasteiger partial charge < -0.3 is 14.6 Å². The topological polar surface area (TPSA) is 92.3 Å². The van der Waals surface area contributed by atoms with Gasteiger partial charge in [-0.3, -0.25) is 14.4 Å². The third-order valence-electron chi connectivity index (χ3n) is 6.86. The zero-order valence-corrected chi connectivity index (χ0v) is 21.6. The van der Waals surface area contributed by atoms with Crippen molar-refractivity contribution in [1.29, 1.82) is 0 Å². The number of aryl methyl sites for hydroxylation is 3. The van der Waals surface area contributed by atoms with Crippen LogP contribution in [0.4, 0.5) is 0 Å². The predicted molar refractivity (Wildman–Crippen MR) is 138 cm³/mol. The first kappa shape index (κ1) is 24.1. The minimum Gasteiger partial charge on any atom is -0.382 e. The summed E-state index contributed by atoms with van der Waals surface area (Å²) in [6, 6.07) is 7.94. The van der Waals surface area contributed by atoms with Gasteiger partial charge in [0.2, 0.25) is 0 Å². The summed E-state index contributed by atoms with van der Waals surface area (Å²) in [6.07, 6.45) is 5.64. The molecule has 0 radical (unpaired) electrons. The third kappa shape index (κ3) is 4.64. The molecule has 0 bridgehead atoms. The van der Waals surface area contributed by atoms with Crippen molar-refractivity contribution >= 4 is 16.8 Å². The first-order valence-corrected chi connectivity index (χ1v) is 12.3. The molecule has 0 aliphatic carbocycles. The van der Waals surface area contributed by atoms with E-state index < -0.39 is 5.60 Å². The number of carbonyl (C=O) groups is 1. The molecule has 0 saturated carbocycles. The Morgan fingerprint density at radius 3 is 2.53 bits per heavy atom. The summed E-state index contributed by atoms with van der Waals surface area (Å²) in [5.41, 5.74) is 4.24. The highest BCUT2D eigenvalue weighted by Crippen LogP contribution is 2.32. The van der Waals surface area contributed by atoms with Gasteiger partial charge in [-0.05, 0) is 50.6 Å². The Labute approximate surface area is 211 Å². The van der Waals surface area contributed by atoms with E-state index in [9.17, 15) is 9.90 Å². The van der Waals surface area contributed by atoms with Crippen LogP contribution in [0.2, 0.25) is 0 Å². The fourth-order valence-corrected chi connectivity index (χ4v) is 4.83. The highest BCUT2D eigenvalue weighted by molar-refractivity contribution is 6.03. The lowest BCUT2D eigenvalue weighted by Crippen LogP contribution is -2.48. The second-order valence-electron chi connectivity index (χ2n) is 10.2. The SMILES string of the molecule is Cc1cc2c(cc1C(=O)N1CCN(Cc3ccn(C)n3)CC1)c(-c1ccnc(C(C)(C)O)n1)cn2C. The highest BCUT2D eigenvalue weighted by Gasteiger charge is 2.25. The fraction of sp³-hybridized carbons (Fsp3) is 0.407. The average molecular weight is 488 g/mol. The Bertz CT molecular complexity index is 1420. The van der Waals surface area contributed by atoms with Gasteiger partial charge in [0, 0.05) is 87.4 Å². The maximum atomic E-state index is 13.6. The van der Waals surface area contributed by atoms with Crippen LogP contribution < -0.4 is 0 Å². The van der Waals surface area contributed by atoms with Gasteiger partial charge in [-0.25, -0.2) is 9.97 Å². The number of benzene rings is 1. The second-order valence-corrected chi connectivity index (χ2v) is 10.2. The molecule has 4 aromatic rings. The van der Waals surface area contributed by atoms with Crippen LogP contribution in [-0.4, -0.2) is 71.3 Å². The van der Waals surface area contributed by atoms with Crippen molar-refractivity contribution in [3.63, 3.8) is 0 Å². The quantitative estimate of drug-likeness (QED) is 0.465. The summed E-state index contributed by atoms with van der Waals surface area (Å²) in [4.78, 5) is 26.8. The lowest BCUT2D eigenvalue weighted by molar-refractivity contribution is 0.0626. The smallest absolute Gasteiger partial charge is 0.254 e. The molecule has 1 aliphatic rings. The van der Waals surface area contributed by atoms with E-state index in [1.165, 1.54) is 0 Å². The molecule has 1 aromatic carbocycles. The molecular formula is C27H33N7O2. The number of piperazine rings is 1. The van der Waals surface area contributed by atoms with Crippen LogP contribution in [0.1, 0.15) is 41.3 Å². The summed E-state index contributed by atoms with van der Waals surface area (Å²) in [5, 5.41) is 15.8. The fourth-order valence-electron chi connectivity index (χ4n) is 4.83. The number of aromatic nitrogens is 5. The molecule has 188 valence electrons. The summed E-state index contributed by atoms with van der Waals surface area (Å²) < 4.78 is 3.87. The van der Waals surface area contributed by atoms with Crippen LogP contribution in [0.25, 0.3) is 22.2 Å². The monoisotopic (exact) mass is 487 g/mol. The Hall–Kier alpha value is -3.56. The predicted octanol–water partition coefficient (Wildman–Crippen LogP) is 2.86. The Balaban J connectivity index is 1.40. The van der Waals surface area contributed by atoms with Gasteiger partial charge in [0.15, 0.2) is 5.82 Å². The molecule has 0 spiro atoms. The number of hydrogen-bond acceptors (Lipinski definition) is 6. The Kier molecular flexibility index (Phi) is 6.13. The van der Waals surface area contributed by atoms with Crippen molar-refractivity contribution in [3.05, 3.63) is 65.5 Å². The van der Waals surface area contributed by atoms with Gasteiger partial charge >= 0.3 is 0 Å². The molecule has 4 heterocycles. The number of carbonyl (C=O) groups excluding carboxylic acids is 1. The molecule has 3 aromatic heterocycles. The number of rotatable bonds is 5. The lowest BCUT2D eigenvalue weighted by atomic mass is 10.0. The molecule has 36 heavy (non-hydrogen) atoms. The first-order chi connectivity index (χ1) is 17.1. The molecule has 0 atom stereocenters. The van der Waals surface area contributed by atoms with E-state index in [0.717, 1.165) is 53.1 Å². The van der Waals surface area contributed by atoms with Gasteiger partial charge in [-0.2, -0.15) is 5.10 Å². The van der Waals surface area contributed by atoms with E-state index in [0.29, 0.717) is 24.5 Å². The molecule has 1 amide bonds. The number of fused-ring (bicyclic) bond motifs is 1. The zero-order chi connectivity index (χ0) is 25.6. The van der Waals surface area contributed by atoms with Gasteiger partial charge in [-0.1, -0.05) is 0 Å². The summed E-state index contributed by atoms with van der Waals surface area (Å²) in [6.45, 7) is 9.15. The zero-order valence-electron chi connectivity index (χ0n) is 21.6. The Morgan fingerprint density at radius 1 is 1.11 bits per heavy atom. The van der Waals surface area contributed by atoms with Crippen LogP contribution >= 0.6 is 0 Å². The number of nitrogens with zero attached hydrogens (tertiary/aromatic N) is 7. The van der Waals surface area contributed by atoms with Crippen LogP contribution in [-0.2, 0) is 26.2 Å². The van der Waals surface area contributed by atoms with Gasteiger partial charge in [0.25, 0.3) is 5.91 Å². The van der Waals surface area contributed by atoms with E-state index in [1.54, 1.807) is 20.0 Å². The molecule has 9 nitrogen and oxygen atoms in total. The average Bonchev–Trinajstić information content (AvgIpc) is 3.40. The van der Waals surface area contributed by atoms with Crippen LogP contribution in [0.3, 0.4) is 0 Å². The number of amides is 1. The van der Waals surface area contributed by atoms with Gasteiger partial charge in [0.1, 0.15) is 5.60 Å². The first-order valence-electron chi connectivity index (χ1n) is 12.3. The minimum atomic E-state index is -1.14. The minimum absolute atomic E-state index is 0.0570. The van der Waals surface area contributed by atoms with Crippen LogP contribution in [0.15, 0.2) is 42.9 Å². The molecule has 1 fully saturated rings. The van der Waals surface area contributed by atoms with Gasteiger partial charge in [0.05, 0.1) is 11.4 Å². The molecule has 1 N–H and O–H groups in total. The molecule has 5 rings (SSSR count). The lowest BCUT2D eigenvalue weighted by Gasteiger charge is -2.34. The van der Waals surface area contributed by atoms with E-state index >= 15 is 0 Å². The number of aliphatic hydroxyl groups is 1. The van der Waals surface area contributed by atoms with Crippen molar-refractivity contribution in [2.75, 3.05) is 26.2 Å². The molecule has 1 saturated heterocycles. The standard InChI is InChI=1S/C27H33N7O2/c1-18-14-24-21(22(17-31(24)4)23-6-8-28-26(29-23)27(2,3)36)15-20(18)25(35)34-12-10-33(11-13-34)16-19-7-9-32(5)30-19/h6-9,14-15,17,36H,10-13,16H2,1-5H3. The van der Waals surface area contributed by atoms with Crippen molar-refractivity contribution in [1.82, 2.24) is 34.1 Å². The van der Waals surface area contributed by atoms with Gasteiger partial charge in [-0.15, -0.1) is 0 Å². The van der Waals surface area contributed by atoms with E-state index in [1.807, 2.05) is 65.8 Å². The number of hydrogen-bond donors (Lipinski definition) is 1. The van der Waals surface area contributed by atoms with E-state index in [2.05, 4.69) is 26.0 Å². The van der Waals surface area contributed by atoms with E-state index in [4.69, 9.17) is 0 Å². The summed E-state index contributed by atoms with van der Waals surface area (Å²) in [5.74, 6) is 0.422. The third-order valence-corrected chi connectivity index (χ3v) is 6.86. The maximum Gasteiger partial charge on any atom is 0.254 e. The molecule has 9 heteroatoms. The van der Waals surface area contributed by atoms with E-state index in [-0.39, 0.29) is 5.91 Å². The van der Waals surface area contributed by atoms with Crippen LogP contribution in [0, 0.1) is 6.92 Å². The molecule has 0 unspecified atom stereocenters. The second kappa shape index (κ2) is 9.15. The Morgan fingerprint density at radius 2 is 1.86 bits per heavy atom. The molecular weight excluding hydrogens is 454 g/mol. The summed E-state index contributed by atoms with van der Waals surface area (Å²) >= 11 is 0. The summed E-state index contributed by atoms with van der Waals surface area (Å²) in [7, 11) is 3.92. The molecule has 1 aliphatic heterocycles. The maximum absolute atomic E-state index is 13.6. The normalized spacial score (nSPS) is 15.1. The van der Waals surface area contributed by atoms with Crippen molar-refractivity contribution < 1.29 is 9.90 Å². The van der Waals surface area contributed by atoms with Crippen molar-refractivity contribution in [2.45, 2.75) is 32.9 Å². The van der Waals surface area contributed by atoms with Crippen molar-refractivity contribution in [2.24, 2.45) is 14.1 Å². The highest BCUT2D eigenvalue weighted by atomic mass is 16.3. The van der Waals surface area contributed by atoms with Crippen molar-refractivity contribution in [3.8, 4) is 11.3 Å². The van der Waals surface area contributed by atoms with Crippen LogP contribution in [0.5, 0.6) is 0 Å². The largest absolute Gasteiger partial charge is 0.382 e.